The number of fused-ring (bicyclic) bond motifs is 1. The molecule has 21 heavy (non-hydrogen) atoms. The van der Waals surface area contributed by atoms with Crippen molar-refractivity contribution in [1.82, 2.24) is 14.9 Å². The minimum absolute atomic E-state index is 0.236. The van der Waals surface area contributed by atoms with Gasteiger partial charge >= 0.3 is 0 Å². The molecule has 0 saturated heterocycles. The Labute approximate surface area is 127 Å². The summed E-state index contributed by atoms with van der Waals surface area (Å²) >= 11 is 0. The Balaban J connectivity index is 2.16. The van der Waals surface area contributed by atoms with E-state index in [0.29, 0.717) is 30.9 Å². The van der Waals surface area contributed by atoms with Crippen LogP contribution in [-0.4, -0.2) is 33.4 Å². The van der Waals surface area contributed by atoms with Crippen LogP contribution < -0.4 is 5.32 Å². The molecule has 0 atom stereocenters. The second-order valence-corrected chi connectivity index (χ2v) is 6.52. The summed E-state index contributed by atoms with van der Waals surface area (Å²) in [5.41, 5.74) is 3.18. The fourth-order valence-electron chi connectivity index (χ4n) is 2.59. The van der Waals surface area contributed by atoms with E-state index in [2.05, 4.69) is 43.0 Å². The van der Waals surface area contributed by atoms with Gasteiger partial charge in [0.25, 0.3) is 0 Å². The molecule has 2 rings (SSSR count). The second-order valence-electron chi connectivity index (χ2n) is 6.52. The Kier molecular flexibility index (Phi) is 4.80. The summed E-state index contributed by atoms with van der Waals surface area (Å²) in [6.45, 7) is 11.7. The van der Waals surface area contributed by atoms with Crippen LogP contribution in [0.15, 0.2) is 0 Å². The van der Waals surface area contributed by atoms with E-state index in [4.69, 9.17) is 0 Å². The monoisotopic (exact) mass is 290 g/mol. The van der Waals surface area contributed by atoms with Crippen molar-refractivity contribution in [2.45, 2.75) is 60.0 Å². The first-order chi connectivity index (χ1) is 9.86. The standard InChI is InChI=1S/C16H26N4O/c1-10(2)8-15(21)20-7-6-14-13(9-20)12(5)18-16(19-14)17-11(3)4/h10-11H,6-9H2,1-5H3,(H,17,18,19). The van der Waals surface area contributed by atoms with Gasteiger partial charge in [0.2, 0.25) is 11.9 Å². The highest BCUT2D eigenvalue weighted by Crippen LogP contribution is 2.22. The Bertz CT molecular complexity index is 525. The molecule has 1 aromatic heterocycles. The molecule has 2 heterocycles. The van der Waals surface area contributed by atoms with Crippen LogP contribution in [0.4, 0.5) is 5.95 Å². The number of hydrogen-bond donors (Lipinski definition) is 1. The molecule has 5 nitrogen and oxygen atoms in total. The average molecular weight is 290 g/mol. The van der Waals surface area contributed by atoms with E-state index in [1.807, 2.05) is 11.8 Å². The van der Waals surface area contributed by atoms with Crippen LogP contribution in [0, 0.1) is 12.8 Å². The third kappa shape index (κ3) is 3.93. The number of nitrogens with zero attached hydrogens (tertiary/aromatic N) is 3. The van der Waals surface area contributed by atoms with E-state index in [-0.39, 0.29) is 5.91 Å². The summed E-state index contributed by atoms with van der Waals surface area (Å²) < 4.78 is 0. The van der Waals surface area contributed by atoms with Gasteiger partial charge in [-0.1, -0.05) is 13.8 Å². The number of aromatic nitrogens is 2. The van der Waals surface area contributed by atoms with Crippen molar-refractivity contribution in [1.29, 1.82) is 0 Å². The molecule has 0 bridgehead atoms. The zero-order valence-corrected chi connectivity index (χ0v) is 13.7. The largest absolute Gasteiger partial charge is 0.352 e. The minimum atomic E-state index is 0.236. The summed E-state index contributed by atoms with van der Waals surface area (Å²) in [4.78, 5) is 23.3. The lowest BCUT2D eigenvalue weighted by Crippen LogP contribution is -2.37. The van der Waals surface area contributed by atoms with Gasteiger partial charge in [-0.2, -0.15) is 0 Å². The molecule has 5 heteroatoms. The smallest absolute Gasteiger partial charge is 0.223 e. The minimum Gasteiger partial charge on any atom is -0.352 e. The van der Waals surface area contributed by atoms with Crippen molar-refractivity contribution < 1.29 is 4.79 Å². The van der Waals surface area contributed by atoms with Gasteiger partial charge in [0, 0.05) is 43.2 Å². The molecule has 116 valence electrons. The normalized spacial score (nSPS) is 14.5. The Morgan fingerprint density at radius 2 is 2.00 bits per heavy atom. The zero-order chi connectivity index (χ0) is 15.6. The topological polar surface area (TPSA) is 58.1 Å². The third-order valence-corrected chi connectivity index (χ3v) is 3.62. The van der Waals surface area contributed by atoms with E-state index in [0.717, 1.165) is 29.9 Å². The fraction of sp³-hybridized carbons (Fsp3) is 0.688. The van der Waals surface area contributed by atoms with E-state index in [1.165, 1.54) is 0 Å². The molecule has 0 saturated carbocycles. The number of carbonyl (C=O) groups is 1. The van der Waals surface area contributed by atoms with Crippen LogP contribution in [0.5, 0.6) is 0 Å². The van der Waals surface area contributed by atoms with E-state index in [1.54, 1.807) is 0 Å². The second kappa shape index (κ2) is 6.41. The number of nitrogens with one attached hydrogen (secondary N) is 1. The van der Waals surface area contributed by atoms with E-state index < -0.39 is 0 Å². The lowest BCUT2D eigenvalue weighted by Gasteiger charge is -2.30. The SMILES string of the molecule is Cc1nc(NC(C)C)nc2c1CN(C(=O)CC(C)C)CC2. The quantitative estimate of drug-likeness (QED) is 0.926. The molecule has 1 N–H and O–H groups in total. The van der Waals surface area contributed by atoms with Gasteiger partial charge in [-0.3, -0.25) is 4.79 Å². The molecule has 0 spiro atoms. The molecule has 0 aromatic carbocycles. The lowest BCUT2D eigenvalue weighted by atomic mass is 10.0. The highest BCUT2D eigenvalue weighted by molar-refractivity contribution is 5.76. The summed E-state index contributed by atoms with van der Waals surface area (Å²) in [5.74, 6) is 1.33. The first kappa shape index (κ1) is 15.7. The Morgan fingerprint density at radius 3 is 2.62 bits per heavy atom. The number of hydrogen-bond acceptors (Lipinski definition) is 4. The van der Waals surface area contributed by atoms with Crippen LogP contribution in [0.25, 0.3) is 0 Å². The first-order valence-corrected chi connectivity index (χ1v) is 7.77. The third-order valence-electron chi connectivity index (χ3n) is 3.62. The molecule has 1 aromatic rings. The number of aryl methyl sites for hydroxylation is 1. The number of rotatable bonds is 4. The lowest BCUT2D eigenvalue weighted by molar-refractivity contribution is -0.132. The van der Waals surface area contributed by atoms with Gasteiger partial charge in [0.1, 0.15) is 0 Å². The van der Waals surface area contributed by atoms with E-state index >= 15 is 0 Å². The molecule has 1 amide bonds. The number of amides is 1. The summed E-state index contributed by atoms with van der Waals surface area (Å²) in [5, 5.41) is 3.25. The van der Waals surface area contributed by atoms with Gasteiger partial charge in [-0.25, -0.2) is 9.97 Å². The maximum atomic E-state index is 12.2. The van der Waals surface area contributed by atoms with Crippen LogP contribution in [-0.2, 0) is 17.8 Å². The van der Waals surface area contributed by atoms with Crippen LogP contribution in [0.3, 0.4) is 0 Å². The maximum Gasteiger partial charge on any atom is 0.223 e. The number of anilines is 1. The highest BCUT2D eigenvalue weighted by Gasteiger charge is 2.24. The van der Waals surface area contributed by atoms with Crippen molar-refractivity contribution in [2.75, 3.05) is 11.9 Å². The highest BCUT2D eigenvalue weighted by atomic mass is 16.2. The van der Waals surface area contributed by atoms with Gasteiger partial charge in [0.15, 0.2) is 0 Å². The molecular weight excluding hydrogens is 264 g/mol. The molecule has 1 aliphatic heterocycles. The van der Waals surface area contributed by atoms with Gasteiger partial charge in [-0.05, 0) is 26.7 Å². The van der Waals surface area contributed by atoms with E-state index in [9.17, 15) is 4.79 Å². The molecule has 0 unspecified atom stereocenters. The van der Waals surface area contributed by atoms with Crippen LogP contribution in [0.1, 0.15) is 51.1 Å². The van der Waals surface area contributed by atoms with Crippen molar-refractivity contribution in [3.05, 3.63) is 17.0 Å². The van der Waals surface area contributed by atoms with Crippen molar-refractivity contribution in [3.63, 3.8) is 0 Å². The van der Waals surface area contributed by atoms with Crippen molar-refractivity contribution >= 4 is 11.9 Å². The van der Waals surface area contributed by atoms with Crippen LogP contribution in [0.2, 0.25) is 0 Å². The van der Waals surface area contributed by atoms with Crippen LogP contribution >= 0.6 is 0 Å². The summed E-state index contributed by atoms with van der Waals surface area (Å²) in [6.07, 6.45) is 1.43. The molecule has 1 aliphatic rings. The molecule has 0 radical (unpaired) electrons. The number of carbonyl (C=O) groups excluding carboxylic acids is 1. The predicted octanol–water partition coefficient (Wildman–Crippen LogP) is 2.54. The van der Waals surface area contributed by atoms with Gasteiger partial charge in [-0.15, -0.1) is 0 Å². The van der Waals surface area contributed by atoms with Crippen molar-refractivity contribution in [2.24, 2.45) is 5.92 Å². The van der Waals surface area contributed by atoms with Crippen molar-refractivity contribution in [3.8, 4) is 0 Å². The zero-order valence-electron chi connectivity index (χ0n) is 13.7. The average Bonchev–Trinajstić information content (AvgIpc) is 2.36. The maximum absolute atomic E-state index is 12.2. The predicted molar refractivity (Wildman–Crippen MR) is 84.1 cm³/mol. The summed E-state index contributed by atoms with van der Waals surface area (Å²) in [7, 11) is 0. The fourth-order valence-corrected chi connectivity index (χ4v) is 2.59. The first-order valence-electron chi connectivity index (χ1n) is 7.77. The molecular formula is C16H26N4O. The molecule has 0 aliphatic carbocycles. The Hall–Kier alpha value is -1.65. The molecule has 0 fully saturated rings. The van der Waals surface area contributed by atoms with Gasteiger partial charge < -0.3 is 10.2 Å². The summed E-state index contributed by atoms with van der Waals surface area (Å²) in [6, 6.07) is 0.315. The van der Waals surface area contributed by atoms with Gasteiger partial charge in [0.05, 0.1) is 5.69 Å². The Morgan fingerprint density at radius 1 is 1.29 bits per heavy atom.